The number of hydrogen-bond acceptors (Lipinski definition) is 9. The van der Waals surface area contributed by atoms with Crippen molar-refractivity contribution in [2.24, 2.45) is 5.73 Å². The highest BCUT2D eigenvalue weighted by molar-refractivity contribution is 8.02. The van der Waals surface area contributed by atoms with Crippen LogP contribution in [0.25, 0.3) is 0 Å². The smallest absolute Gasteiger partial charge is 0.251 e. The molecule has 2 aromatic heterocycles. The average molecular weight is 416 g/mol. The first-order valence-corrected chi connectivity index (χ1v) is 10.6. The Labute approximate surface area is 163 Å². The monoisotopic (exact) mass is 415 g/mol. The molecule has 0 bridgehead atoms. The highest BCUT2D eigenvalue weighted by Gasteiger charge is 2.20. The van der Waals surface area contributed by atoms with Gasteiger partial charge >= 0.3 is 0 Å². The van der Waals surface area contributed by atoms with Gasteiger partial charge in [0.2, 0.25) is 11.0 Å². The van der Waals surface area contributed by atoms with Gasteiger partial charge in [-0.3, -0.25) is 9.59 Å². The van der Waals surface area contributed by atoms with Crippen LogP contribution in [0, 0.1) is 0 Å². The van der Waals surface area contributed by atoms with Crippen molar-refractivity contribution in [1.82, 2.24) is 10.2 Å². The van der Waals surface area contributed by atoms with Crippen molar-refractivity contribution in [3.8, 4) is 0 Å². The zero-order valence-electron chi connectivity index (χ0n) is 14.5. The third kappa shape index (κ3) is 6.24. The SMILES string of the molecule is CCOCCCNc1nnc(S[C@@H](C)C(=O)Nc2sccc2C(N)=O)s1. The summed E-state index contributed by atoms with van der Waals surface area (Å²) in [5.74, 6) is -0.785. The van der Waals surface area contributed by atoms with E-state index in [-0.39, 0.29) is 5.91 Å². The van der Waals surface area contributed by atoms with Gasteiger partial charge < -0.3 is 21.1 Å². The molecule has 2 rings (SSSR count). The number of nitrogens with one attached hydrogen (secondary N) is 2. The molecule has 0 aromatic carbocycles. The van der Waals surface area contributed by atoms with Gasteiger partial charge in [0.15, 0.2) is 4.34 Å². The molecule has 4 N–H and O–H groups in total. The summed E-state index contributed by atoms with van der Waals surface area (Å²) < 4.78 is 5.97. The number of ether oxygens (including phenoxy) is 1. The van der Waals surface area contributed by atoms with Crippen molar-refractivity contribution in [3.63, 3.8) is 0 Å². The molecule has 26 heavy (non-hydrogen) atoms. The van der Waals surface area contributed by atoms with Crippen LogP contribution >= 0.6 is 34.4 Å². The van der Waals surface area contributed by atoms with Crippen LogP contribution in [0.3, 0.4) is 0 Å². The highest BCUT2D eigenvalue weighted by atomic mass is 32.2. The molecule has 0 unspecified atom stereocenters. The molecule has 0 aliphatic carbocycles. The molecular formula is C15H21N5O3S3. The zero-order chi connectivity index (χ0) is 18.9. The number of primary amides is 1. The van der Waals surface area contributed by atoms with Gasteiger partial charge in [-0.15, -0.1) is 21.5 Å². The Balaban J connectivity index is 1.81. The van der Waals surface area contributed by atoms with Gasteiger partial charge in [-0.2, -0.15) is 0 Å². The quantitative estimate of drug-likeness (QED) is 0.381. The Morgan fingerprint density at radius 3 is 2.96 bits per heavy atom. The molecule has 0 aliphatic rings. The Hall–Kier alpha value is -1.69. The van der Waals surface area contributed by atoms with E-state index in [0.717, 1.165) is 13.0 Å². The Morgan fingerprint density at radius 2 is 2.23 bits per heavy atom. The van der Waals surface area contributed by atoms with Crippen molar-refractivity contribution in [3.05, 3.63) is 17.0 Å². The first kappa shape index (κ1) is 20.6. The largest absolute Gasteiger partial charge is 0.382 e. The topological polar surface area (TPSA) is 119 Å². The lowest BCUT2D eigenvalue weighted by Crippen LogP contribution is -2.23. The Kier molecular flexibility index (Phi) is 8.29. The summed E-state index contributed by atoms with van der Waals surface area (Å²) in [5, 5.41) is 16.6. The van der Waals surface area contributed by atoms with Crippen LogP contribution in [0.5, 0.6) is 0 Å². The van der Waals surface area contributed by atoms with Crippen LogP contribution < -0.4 is 16.4 Å². The fourth-order valence-corrected chi connectivity index (χ4v) is 4.58. The maximum atomic E-state index is 12.3. The molecule has 142 valence electrons. The number of rotatable bonds is 11. The number of carbonyl (C=O) groups excluding carboxylic acids is 2. The van der Waals surface area contributed by atoms with E-state index < -0.39 is 11.2 Å². The van der Waals surface area contributed by atoms with Gasteiger partial charge in [0.05, 0.1) is 10.8 Å². The maximum Gasteiger partial charge on any atom is 0.251 e. The Morgan fingerprint density at radius 1 is 1.42 bits per heavy atom. The summed E-state index contributed by atoms with van der Waals surface area (Å²) >= 11 is 3.97. The third-order valence-electron chi connectivity index (χ3n) is 3.17. The molecule has 11 heteroatoms. The van der Waals surface area contributed by atoms with Crippen LogP contribution in [0.15, 0.2) is 15.8 Å². The number of aromatic nitrogens is 2. The molecule has 0 aliphatic heterocycles. The predicted molar refractivity (Wildman–Crippen MR) is 106 cm³/mol. The molecule has 0 spiro atoms. The second-order valence-corrected chi connectivity index (χ2v) is 8.61. The van der Waals surface area contributed by atoms with Crippen molar-refractivity contribution in [2.45, 2.75) is 29.9 Å². The van der Waals surface area contributed by atoms with Gasteiger partial charge in [-0.25, -0.2) is 0 Å². The fourth-order valence-electron chi connectivity index (χ4n) is 1.86. The maximum absolute atomic E-state index is 12.3. The first-order valence-electron chi connectivity index (χ1n) is 8.01. The lowest BCUT2D eigenvalue weighted by molar-refractivity contribution is -0.115. The molecule has 0 radical (unpaired) electrons. The van der Waals surface area contributed by atoms with E-state index in [1.165, 1.54) is 34.4 Å². The number of nitrogens with zero attached hydrogens (tertiary/aromatic N) is 2. The van der Waals surface area contributed by atoms with E-state index in [4.69, 9.17) is 10.5 Å². The number of hydrogen-bond donors (Lipinski definition) is 3. The summed E-state index contributed by atoms with van der Waals surface area (Å²) in [7, 11) is 0. The molecule has 2 aromatic rings. The van der Waals surface area contributed by atoms with Crippen molar-refractivity contribution >= 4 is 56.4 Å². The minimum atomic E-state index is -0.564. The number of carbonyl (C=O) groups is 2. The summed E-state index contributed by atoms with van der Waals surface area (Å²) in [5.41, 5.74) is 5.60. The molecular weight excluding hydrogens is 394 g/mol. The minimum Gasteiger partial charge on any atom is -0.382 e. The van der Waals surface area contributed by atoms with E-state index in [1.807, 2.05) is 6.92 Å². The number of amides is 2. The van der Waals surface area contributed by atoms with Crippen molar-refractivity contribution in [2.75, 3.05) is 30.4 Å². The Bertz CT molecular complexity index is 734. The van der Waals surface area contributed by atoms with Crippen LogP contribution in [0.4, 0.5) is 10.1 Å². The molecule has 1 atom stereocenters. The highest BCUT2D eigenvalue weighted by Crippen LogP contribution is 2.30. The molecule has 0 saturated heterocycles. The summed E-state index contributed by atoms with van der Waals surface area (Å²) in [4.78, 5) is 23.6. The first-order chi connectivity index (χ1) is 12.5. The number of nitrogens with two attached hydrogens (primary N) is 1. The lowest BCUT2D eigenvalue weighted by Gasteiger charge is -2.09. The number of anilines is 2. The second kappa shape index (κ2) is 10.5. The number of thioether (sulfide) groups is 1. The molecule has 0 saturated carbocycles. The zero-order valence-corrected chi connectivity index (χ0v) is 16.9. The molecule has 2 heterocycles. The van der Waals surface area contributed by atoms with Gasteiger partial charge in [-0.05, 0) is 31.7 Å². The van der Waals surface area contributed by atoms with Crippen LogP contribution in [0.2, 0.25) is 0 Å². The number of thiophene rings is 1. The van der Waals surface area contributed by atoms with E-state index in [9.17, 15) is 9.59 Å². The van der Waals surface area contributed by atoms with Crippen LogP contribution in [-0.2, 0) is 9.53 Å². The average Bonchev–Trinajstić information content (AvgIpc) is 3.24. The second-order valence-electron chi connectivity index (χ2n) is 5.13. The summed E-state index contributed by atoms with van der Waals surface area (Å²) in [6.07, 6.45) is 0.887. The van der Waals surface area contributed by atoms with E-state index >= 15 is 0 Å². The summed E-state index contributed by atoms with van der Waals surface area (Å²) in [6.45, 7) is 5.91. The van der Waals surface area contributed by atoms with Crippen molar-refractivity contribution in [1.29, 1.82) is 0 Å². The van der Waals surface area contributed by atoms with Gasteiger partial charge in [-0.1, -0.05) is 23.1 Å². The van der Waals surface area contributed by atoms with E-state index in [2.05, 4.69) is 20.8 Å². The van der Waals surface area contributed by atoms with Gasteiger partial charge in [0.1, 0.15) is 5.00 Å². The standard InChI is InChI=1S/C15H21N5O3S3/c1-3-23-7-4-6-17-14-19-20-15(26-14)25-9(2)12(22)18-13-10(11(16)21)5-8-24-13/h5,8-9H,3-4,6-7H2,1-2H3,(H2,16,21)(H,17,19)(H,18,22)/t9-/m0/s1. The summed E-state index contributed by atoms with van der Waals surface area (Å²) in [6, 6.07) is 1.59. The fraction of sp³-hybridized carbons (Fsp3) is 0.467. The molecule has 8 nitrogen and oxygen atoms in total. The van der Waals surface area contributed by atoms with Crippen LogP contribution in [0.1, 0.15) is 30.6 Å². The molecule has 2 amide bonds. The van der Waals surface area contributed by atoms with E-state index in [0.29, 0.717) is 33.2 Å². The predicted octanol–water partition coefficient (Wildman–Crippen LogP) is 2.66. The van der Waals surface area contributed by atoms with E-state index in [1.54, 1.807) is 18.4 Å². The van der Waals surface area contributed by atoms with Gasteiger partial charge in [0.25, 0.3) is 5.91 Å². The molecule has 0 fully saturated rings. The lowest BCUT2D eigenvalue weighted by atomic mass is 10.3. The van der Waals surface area contributed by atoms with Crippen molar-refractivity contribution < 1.29 is 14.3 Å². The normalized spacial score (nSPS) is 11.9. The third-order valence-corrected chi connectivity index (χ3v) is 6.06. The minimum absolute atomic E-state index is 0.221. The van der Waals surface area contributed by atoms with Gasteiger partial charge in [0, 0.05) is 19.8 Å². The van der Waals surface area contributed by atoms with Crippen LogP contribution in [-0.4, -0.2) is 47.0 Å².